The van der Waals surface area contributed by atoms with Crippen LogP contribution in [0.25, 0.3) is 0 Å². The number of anilines is 1. The van der Waals surface area contributed by atoms with Crippen molar-refractivity contribution in [3.8, 4) is 0 Å². The summed E-state index contributed by atoms with van der Waals surface area (Å²) in [5.74, 6) is -0.308. The Morgan fingerprint density at radius 3 is 2.53 bits per heavy atom. The van der Waals surface area contributed by atoms with E-state index in [1.54, 1.807) is 7.05 Å². The predicted octanol–water partition coefficient (Wildman–Crippen LogP) is 1.72. The molecule has 0 aliphatic rings. The lowest BCUT2D eigenvalue weighted by molar-refractivity contribution is -0.131. The maximum absolute atomic E-state index is 11.7. The fraction of sp³-hybridized carbons (Fsp3) is 0.385. The molecule has 2 amide bonds. The van der Waals surface area contributed by atoms with Gasteiger partial charge in [-0.3, -0.25) is 9.59 Å². The van der Waals surface area contributed by atoms with Gasteiger partial charge in [0, 0.05) is 19.7 Å². The van der Waals surface area contributed by atoms with E-state index in [9.17, 15) is 9.59 Å². The molecule has 0 atom stereocenters. The van der Waals surface area contributed by atoms with E-state index in [0.29, 0.717) is 0 Å². The first kappa shape index (κ1) is 13.2. The van der Waals surface area contributed by atoms with E-state index in [4.69, 9.17) is 0 Å². The summed E-state index contributed by atoms with van der Waals surface area (Å²) >= 11 is 0. The molecular weight excluding hydrogens is 216 g/mol. The minimum atomic E-state index is -0.184. The second-order valence-corrected chi connectivity index (χ2v) is 4.17. The van der Waals surface area contributed by atoms with Gasteiger partial charge in [0.25, 0.3) is 0 Å². The molecule has 0 unspecified atom stereocenters. The average Bonchev–Trinajstić information content (AvgIpc) is 2.24. The van der Waals surface area contributed by atoms with E-state index in [1.165, 1.54) is 11.8 Å². The molecule has 0 radical (unpaired) electrons. The molecule has 0 bridgehead atoms. The summed E-state index contributed by atoms with van der Waals surface area (Å²) < 4.78 is 0. The summed E-state index contributed by atoms with van der Waals surface area (Å²) in [4.78, 5) is 24.1. The summed E-state index contributed by atoms with van der Waals surface area (Å²) in [6, 6.07) is 5.74. The van der Waals surface area contributed by atoms with Crippen molar-refractivity contribution in [1.29, 1.82) is 0 Å². The molecule has 1 aromatic rings. The lowest BCUT2D eigenvalue weighted by atomic mass is 10.1. The van der Waals surface area contributed by atoms with Crippen LogP contribution < -0.4 is 5.32 Å². The van der Waals surface area contributed by atoms with Gasteiger partial charge in [-0.25, -0.2) is 0 Å². The SMILES string of the molecule is CC(=O)N(C)CC(=O)Nc1cccc(C)c1C. The number of rotatable bonds is 3. The minimum Gasteiger partial charge on any atom is -0.337 e. The molecule has 0 saturated heterocycles. The molecule has 1 rings (SSSR count). The molecule has 0 aliphatic carbocycles. The predicted molar refractivity (Wildman–Crippen MR) is 67.9 cm³/mol. The average molecular weight is 234 g/mol. The van der Waals surface area contributed by atoms with Gasteiger partial charge in [0.2, 0.25) is 11.8 Å². The Morgan fingerprint density at radius 1 is 1.29 bits per heavy atom. The Balaban J connectivity index is 2.69. The third kappa shape index (κ3) is 3.59. The third-order valence-electron chi connectivity index (χ3n) is 2.80. The topological polar surface area (TPSA) is 49.4 Å². The molecular formula is C13H18N2O2. The maximum Gasteiger partial charge on any atom is 0.243 e. The number of nitrogens with one attached hydrogen (secondary N) is 1. The Morgan fingerprint density at radius 2 is 1.94 bits per heavy atom. The Hall–Kier alpha value is -1.84. The second-order valence-electron chi connectivity index (χ2n) is 4.17. The van der Waals surface area contributed by atoms with Gasteiger partial charge in [-0.05, 0) is 31.0 Å². The van der Waals surface area contributed by atoms with E-state index in [1.807, 2.05) is 32.0 Å². The highest BCUT2D eigenvalue weighted by molar-refractivity contribution is 5.94. The van der Waals surface area contributed by atoms with Crippen LogP contribution >= 0.6 is 0 Å². The van der Waals surface area contributed by atoms with E-state index in [-0.39, 0.29) is 18.4 Å². The molecule has 0 heterocycles. The molecule has 0 aromatic heterocycles. The zero-order chi connectivity index (χ0) is 13.0. The number of benzene rings is 1. The van der Waals surface area contributed by atoms with Crippen molar-refractivity contribution >= 4 is 17.5 Å². The van der Waals surface area contributed by atoms with E-state index >= 15 is 0 Å². The largest absolute Gasteiger partial charge is 0.337 e. The van der Waals surface area contributed by atoms with Crippen LogP contribution in [0.4, 0.5) is 5.69 Å². The molecule has 4 nitrogen and oxygen atoms in total. The Labute approximate surface area is 102 Å². The molecule has 4 heteroatoms. The van der Waals surface area contributed by atoms with Gasteiger partial charge in [-0.15, -0.1) is 0 Å². The van der Waals surface area contributed by atoms with Crippen LogP contribution in [-0.4, -0.2) is 30.3 Å². The quantitative estimate of drug-likeness (QED) is 0.865. The number of carbonyl (C=O) groups excluding carboxylic acids is 2. The number of hydrogen-bond donors (Lipinski definition) is 1. The number of likely N-dealkylation sites (N-methyl/N-ethyl adjacent to an activating group) is 1. The third-order valence-corrected chi connectivity index (χ3v) is 2.80. The van der Waals surface area contributed by atoms with Gasteiger partial charge < -0.3 is 10.2 Å². The highest BCUT2D eigenvalue weighted by Gasteiger charge is 2.10. The molecule has 17 heavy (non-hydrogen) atoms. The van der Waals surface area contributed by atoms with Crippen LogP contribution in [0.1, 0.15) is 18.1 Å². The molecule has 92 valence electrons. The second kappa shape index (κ2) is 5.48. The minimum absolute atomic E-state index is 0.0721. The first-order chi connectivity index (χ1) is 7.91. The highest BCUT2D eigenvalue weighted by atomic mass is 16.2. The van der Waals surface area contributed by atoms with Crippen LogP contribution in [0, 0.1) is 13.8 Å². The molecule has 1 N–H and O–H groups in total. The molecule has 1 aromatic carbocycles. The van der Waals surface area contributed by atoms with Gasteiger partial charge in [0.15, 0.2) is 0 Å². The van der Waals surface area contributed by atoms with Gasteiger partial charge in [0.05, 0.1) is 6.54 Å². The highest BCUT2D eigenvalue weighted by Crippen LogP contribution is 2.17. The number of nitrogens with zero attached hydrogens (tertiary/aromatic N) is 1. The molecule has 0 aliphatic heterocycles. The normalized spacial score (nSPS) is 9.88. The summed E-state index contributed by atoms with van der Waals surface area (Å²) in [5.41, 5.74) is 2.97. The smallest absolute Gasteiger partial charge is 0.243 e. The van der Waals surface area contributed by atoms with Crippen molar-refractivity contribution < 1.29 is 9.59 Å². The van der Waals surface area contributed by atoms with Crippen molar-refractivity contribution in [3.63, 3.8) is 0 Å². The fourth-order valence-corrected chi connectivity index (χ4v) is 1.40. The van der Waals surface area contributed by atoms with Crippen LogP contribution in [-0.2, 0) is 9.59 Å². The van der Waals surface area contributed by atoms with Crippen molar-refractivity contribution in [2.45, 2.75) is 20.8 Å². The van der Waals surface area contributed by atoms with E-state index in [2.05, 4.69) is 5.32 Å². The number of aryl methyl sites for hydroxylation is 1. The van der Waals surface area contributed by atoms with Gasteiger partial charge in [-0.1, -0.05) is 12.1 Å². The summed E-state index contributed by atoms with van der Waals surface area (Å²) in [6.07, 6.45) is 0. The lowest BCUT2D eigenvalue weighted by Gasteiger charge is -2.15. The van der Waals surface area contributed by atoms with E-state index in [0.717, 1.165) is 16.8 Å². The molecule has 0 spiro atoms. The standard InChI is InChI=1S/C13H18N2O2/c1-9-6-5-7-12(10(9)2)14-13(17)8-15(4)11(3)16/h5-7H,8H2,1-4H3,(H,14,17). The fourth-order valence-electron chi connectivity index (χ4n) is 1.40. The number of amides is 2. The summed E-state index contributed by atoms with van der Waals surface area (Å²) in [5, 5.41) is 2.80. The van der Waals surface area contributed by atoms with Gasteiger partial charge in [-0.2, -0.15) is 0 Å². The zero-order valence-corrected chi connectivity index (χ0v) is 10.7. The monoisotopic (exact) mass is 234 g/mol. The van der Waals surface area contributed by atoms with Gasteiger partial charge in [0.1, 0.15) is 0 Å². The van der Waals surface area contributed by atoms with Crippen LogP contribution in [0.2, 0.25) is 0 Å². The maximum atomic E-state index is 11.7. The van der Waals surface area contributed by atoms with Crippen molar-refractivity contribution in [3.05, 3.63) is 29.3 Å². The Bertz CT molecular complexity index is 441. The molecule has 0 saturated carbocycles. The lowest BCUT2D eigenvalue weighted by Crippen LogP contribution is -2.33. The van der Waals surface area contributed by atoms with Crippen LogP contribution in [0.15, 0.2) is 18.2 Å². The van der Waals surface area contributed by atoms with Crippen LogP contribution in [0.3, 0.4) is 0 Å². The Kier molecular flexibility index (Phi) is 4.26. The van der Waals surface area contributed by atoms with E-state index < -0.39 is 0 Å². The zero-order valence-electron chi connectivity index (χ0n) is 10.7. The first-order valence-electron chi connectivity index (χ1n) is 5.49. The van der Waals surface area contributed by atoms with Crippen molar-refractivity contribution in [2.24, 2.45) is 0 Å². The van der Waals surface area contributed by atoms with Crippen molar-refractivity contribution in [2.75, 3.05) is 18.9 Å². The summed E-state index contributed by atoms with van der Waals surface area (Å²) in [7, 11) is 1.60. The summed E-state index contributed by atoms with van der Waals surface area (Å²) in [6.45, 7) is 5.46. The number of carbonyl (C=O) groups is 2. The van der Waals surface area contributed by atoms with Crippen LogP contribution in [0.5, 0.6) is 0 Å². The van der Waals surface area contributed by atoms with Crippen molar-refractivity contribution in [1.82, 2.24) is 4.90 Å². The molecule has 0 fully saturated rings. The first-order valence-corrected chi connectivity index (χ1v) is 5.49. The van der Waals surface area contributed by atoms with Gasteiger partial charge >= 0.3 is 0 Å². The number of hydrogen-bond acceptors (Lipinski definition) is 2.